The lowest BCUT2D eigenvalue weighted by Crippen LogP contribution is -2.65. The van der Waals surface area contributed by atoms with Gasteiger partial charge < -0.3 is 9.73 Å². The Morgan fingerprint density at radius 1 is 1.15 bits per heavy atom. The monoisotopic (exact) mass is 366 g/mol. The first kappa shape index (κ1) is 18.3. The van der Waals surface area contributed by atoms with Gasteiger partial charge in [-0.1, -0.05) is 49.6 Å². The summed E-state index contributed by atoms with van der Waals surface area (Å²) in [4.78, 5) is 15.1. The fraction of sp³-hybridized carbons (Fsp3) is 0.522. The Morgan fingerprint density at radius 3 is 2.63 bits per heavy atom. The molecule has 2 fully saturated rings. The van der Waals surface area contributed by atoms with Gasteiger partial charge in [-0.15, -0.1) is 0 Å². The Labute approximate surface area is 161 Å². The molecule has 144 valence electrons. The lowest BCUT2D eigenvalue weighted by atomic mass is 9.84. The molecule has 2 aliphatic rings. The first-order valence-electron chi connectivity index (χ1n) is 10.3. The molecule has 0 spiro atoms. The Kier molecular flexibility index (Phi) is 5.35. The minimum absolute atomic E-state index is 0.175. The number of carbonyl (C=O) groups is 1. The number of hydrogen-bond acceptors (Lipinski definition) is 3. The molecule has 4 rings (SSSR count). The highest BCUT2D eigenvalue weighted by atomic mass is 16.3. The highest BCUT2D eigenvalue weighted by Crippen LogP contribution is 2.33. The summed E-state index contributed by atoms with van der Waals surface area (Å²) < 4.78 is 6.03. The molecule has 2 aromatic rings. The average molecular weight is 367 g/mol. The summed E-state index contributed by atoms with van der Waals surface area (Å²) in [6, 6.07) is 14.2. The molecule has 1 aliphatic heterocycles. The second-order valence-corrected chi connectivity index (χ2v) is 8.29. The number of rotatable bonds is 6. The topological polar surface area (TPSA) is 45.5 Å². The maximum absolute atomic E-state index is 12.8. The van der Waals surface area contributed by atoms with Gasteiger partial charge in [-0.25, -0.2) is 0 Å². The SMILES string of the molecule is CC1(C(=O)NCC2CCCCC2)CCN1Cc1ccc(-c2ccccc2)o1. The maximum Gasteiger partial charge on any atom is 0.240 e. The van der Waals surface area contributed by atoms with Gasteiger partial charge in [0.1, 0.15) is 11.5 Å². The number of hydrogen-bond donors (Lipinski definition) is 1. The lowest BCUT2D eigenvalue weighted by molar-refractivity contribution is -0.142. The highest BCUT2D eigenvalue weighted by molar-refractivity contribution is 5.86. The van der Waals surface area contributed by atoms with E-state index in [0.29, 0.717) is 12.5 Å². The minimum Gasteiger partial charge on any atom is -0.460 e. The van der Waals surface area contributed by atoms with Crippen LogP contribution in [0.1, 0.15) is 51.2 Å². The smallest absolute Gasteiger partial charge is 0.240 e. The number of likely N-dealkylation sites (tertiary alicyclic amines) is 1. The summed E-state index contributed by atoms with van der Waals surface area (Å²) in [5.41, 5.74) is 0.675. The summed E-state index contributed by atoms with van der Waals surface area (Å²) >= 11 is 0. The summed E-state index contributed by atoms with van der Waals surface area (Å²) in [5, 5.41) is 3.23. The number of benzene rings is 1. The maximum atomic E-state index is 12.8. The van der Waals surface area contributed by atoms with Gasteiger partial charge in [-0.05, 0) is 44.2 Å². The molecule has 4 heteroatoms. The van der Waals surface area contributed by atoms with Gasteiger partial charge in [0.15, 0.2) is 0 Å². The van der Waals surface area contributed by atoms with Gasteiger partial charge in [-0.3, -0.25) is 9.69 Å². The van der Waals surface area contributed by atoms with E-state index in [4.69, 9.17) is 4.42 Å². The summed E-state index contributed by atoms with van der Waals surface area (Å²) in [6.07, 6.45) is 7.41. The quantitative estimate of drug-likeness (QED) is 0.812. The summed E-state index contributed by atoms with van der Waals surface area (Å²) in [7, 11) is 0. The van der Waals surface area contributed by atoms with Gasteiger partial charge in [-0.2, -0.15) is 0 Å². The molecule has 1 saturated heterocycles. The van der Waals surface area contributed by atoms with Crippen molar-refractivity contribution >= 4 is 5.91 Å². The van der Waals surface area contributed by atoms with Crippen LogP contribution in [-0.4, -0.2) is 29.4 Å². The normalized spacial score (nSPS) is 23.7. The molecule has 1 aromatic heterocycles. The summed E-state index contributed by atoms with van der Waals surface area (Å²) in [5.74, 6) is 2.64. The number of amides is 1. The predicted octanol–water partition coefficient (Wildman–Crippen LogP) is 4.61. The van der Waals surface area contributed by atoms with E-state index < -0.39 is 5.54 Å². The van der Waals surface area contributed by atoms with Gasteiger partial charge in [0.25, 0.3) is 0 Å². The van der Waals surface area contributed by atoms with Crippen LogP contribution >= 0.6 is 0 Å². The molecule has 0 bridgehead atoms. The van der Waals surface area contributed by atoms with E-state index in [9.17, 15) is 4.79 Å². The fourth-order valence-corrected chi connectivity index (χ4v) is 4.34. The van der Waals surface area contributed by atoms with E-state index in [1.807, 2.05) is 30.3 Å². The third-order valence-corrected chi connectivity index (χ3v) is 6.40. The zero-order valence-electron chi connectivity index (χ0n) is 16.2. The van der Waals surface area contributed by atoms with Crippen molar-refractivity contribution in [2.75, 3.05) is 13.1 Å². The molecule has 1 aromatic carbocycles. The molecule has 27 heavy (non-hydrogen) atoms. The standard InChI is InChI=1S/C23H30N2O2/c1-23(22(26)24-16-18-8-4-2-5-9-18)14-15-25(23)17-20-12-13-21(27-20)19-10-6-3-7-11-19/h3,6-7,10-13,18H,2,4-5,8-9,14-17H2,1H3,(H,24,26). The minimum atomic E-state index is -0.408. The Balaban J connectivity index is 1.34. The second-order valence-electron chi connectivity index (χ2n) is 8.29. The summed E-state index contributed by atoms with van der Waals surface area (Å²) in [6.45, 7) is 4.52. The van der Waals surface area contributed by atoms with Crippen LogP contribution < -0.4 is 5.32 Å². The van der Waals surface area contributed by atoms with Crippen LogP contribution in [0, 0.1) is 5.92 Å². The number of carbonyl (C=O) groups excluding carboxylic acids is 1. The van der Waals surface area contributed by atoms with E-state index >= 15 is 0 Å². The van der Waals surface area contributed by atoms with Gasteiger partial charge in [0, 0.05) is 18.7 Å². The van der Waals surface area contributed by atoms with Gasteiger partial charge in [0.05, 0.1) is 12.1 Å². The van der Waals surface area contributed by atoms with Crippen molar-refractivity contribution in [2.45, 2.75) is 57.5 Å². The van der Waals surface area contributed by atoms with Gasteiger partial charge in [0.2, 0.25) is 5.91 Å². The molecule has 2 heterocycles. The van der Waals surface area contributed by atoms with Crippen LogP contribution in [0.4, 0.5) is 0 Å². The van der Waals surface area contributed by atoms with E-state index in [0.717, 1.165) is 36.6 Å². The van der Waals surface area contributed by atoms with Crippen LogP contribution in [0.2, 0.25) is 0 Å². The Bertz CT molecular complexity index is 764. The molecule has 1 aliphatic carbocycles. The van der Waals surface area contributed by atoms with E-state index in [2.05, 4.69) is 29.3 Å². The Hall–Kier alpha value is -2.07. The van der Waals surface area contributed by atoms with Crippen molar-refractivity contribution in [1.29, 1.82) is 0 Å². The highest BCUT2D eigenvalue weighted by Gasteiger charge is 2.46. The fourth-order valence-electron chi connectivity index (χ4n) is 4.34. The molecule has 1 amide bonds. The van der Waals surface area contributed by atoms with Crippen molar-refractivity contribution in [3.05, 3.63) is 48.2 Å². The largest absolute Gasteiger partial charge is 0.460 e. The van der Waals surface area contributed by atoms with Crippen molar-refractivity contribution in [2.24, 2.45) is 5.92 Å². The average Bonchev–Trinajstić information content (AvgIpc) is 3.19. The molecular formula is C23H30N2O2. The van der Waals surface area contributed by atoms with E-state index in [1.165, 1.54) is 32.1 Å². The molecule has 4 nitrogen and oxygen atoms in total. The zero-order chi connectivity index (χ0) is 18.7. The van der Waals surface area contributed by atoms with Crippen LogP contribution in [0.25, 0.3) is 11.3 Å². The van der Waals surface area contributed by atoms with Crippen LogP contribution in [0.15, 0.2) is 46.9 Å². The van der Waals surface area contributed by atoms with Gasteiger partial charge >= 0.3 is 0 Å². The van der Waals surface area contributed by atoms with Crippen molar-refractivity contribution in [1.82, 2.24) is 10.2 Å². The number of nitrogens with one attached hydrogen (secondary N) is 1. The van der Waals surface area contributed by atoms with Crippen molar-refractivity contribution < 1.29 is 9.21 Å². The molecule has 1 atom stereocenters. The zero-order valence-corrected chi connectivity index (χ0v) is 16.2. The molecule has 1 N–H and O–H groups in total. The van der Waals surface area contributed by atoms with Crippen LogP contribution in [-0.2, 0) is 11.3 Å². The lowest BCUT2D eigenvalue weighted by Gasteiger charge is -2.49. The van der Waals surface area contributed by atoms with E-state index in [1.54, 1.807) is 0 Å². The first-order valence-corrected chi connectivity index (χ1v) is 10.3. The van der Waals surface area contributed by atoms with Crippen molar-refractivity contribution in [3.8, 4) is 11.3 Å². The van der Waals surface area contributed by atoms with Crippen LogP contribution in [0.5, 0.6) is 0 Å². The third-order valence-electron chi connectivity index (χ3n) is 6.40. The predicted molar refractivity (Wildman–Crippen MR) is 107 cm³/mol. The molecule has 0 radical (unpaired) electrons. The molecule has 1 unspecified atom stereocenters. The molecule has 1 saturated carbocycles. The van der Waals surface area contributed by atoms with Crippen molar-refractivity contribution in [3.63, 3.8) is 0 Å². The van der Waals surface area contributed by atoms with E-state index in [-0.39, 0.29) is 5.91 Å². The molecular weight excluding hydrogens is 336 g/mol. The number of nitrogens with zero attached hydrogens (tertiary/aromatic N) is 1. The second kappa shape index (κ2) is 7.89. The van der Waals surface area contributed by atoms with Crippen LogP contribution in [0.3, 0.4) is 0 Å². The number of furan rings is 1. The first-order chi connectivity index (χ1) is 13.1. The Morgan fingerprint density at radius 2 is 1.93 bits per heavy atom. The third kappa shape index (κ3) is 3.96.